The Kier molecular flexibility index (Phi) is 7.83. The number of rotatable bonds is 0. The molecule has 2 aliphatic heterocycles. The van der Waals surface area contributed by atoms with Crippen LogP contribution in [0.1, 0.15) is 74.1 Å². The molecular weight excluding hydrogens is 325 g/mol. The Morgan fingerprint density at radius 2 is 0.960 bits per heavy atom. The minimum absolute atomic E-state index is 0.00340. The van der Waals surface area contributed by atoms with Gasteiger partial charge in [0, 0.05) is 11.1 Å². The quantitative estimate of drug-likeness (QED) is 0.554. The molecule has 5 heteroatoms. The fraction of sp³-hybridized carbons (Fsp3) is 1.00. The van der Waals surface area contributed by atoms with E-state index in [1.165, 1.54) is 25.9 Å². The van der Waals surface area contributed by atoms with Crippen molar-refractivity contribution in [1.82, 2.24) is 9.80 Å². The fourth-order valence-electron chi connectivity index (χ4n) is 3.56. The minimum Gasteiger partial charge on any atom is -0.298 e. The monoisotopic (exact) mass is 364 g/mol. The molecule has 0 N–H and O–H groups in total. The molecule has 0 saturated carbocycles. The molecule has 0 aliphatic carbocycles. The van der Waals surface area contributed by atoms with Crippen molar-refractivity contribution < 1.29 is 13.2 Å². The Bertz CT molecular complexity index is 355. The molecule has 25 heavy (non-hydrogen) atoms. The summed E-state index contributed by atoms with van der Waals surface area (Å²) in [5.74, 6) is -0.130. The van der Waals surface area contributed by atoms with Crippen LogP contribution in [0.3, 0.4) is 0 Å². The summed E-state index contributed by atoms with van der Waals surface area (Å²) in [6.07, 6.45) is -0.722. The smallest absolute Gasteiger partial charge is 0.298 e. The highest BCUT2D eigenvalue weighted by atomic mass is 19.4. The van der Waals surface area contributed by atoms with Crippen LogP contribution in [-0.2, 0) is 0 Å². The first-order chi connectivity index (χ1) is 11.2. The number of halogens is 3. The van der Waals surface area contributed by atoms with E-state index in [-0.39, 0.29) is 18.4 Å². The van der Waals surface area contributed by atoms with Gasteiger partial charge in [0.2, 0.25) is 0 Å². The van der Waals surface area contributed by atoms with Crippen molar-refractivity contribution in [3.05, 3.63) is 0 Å². The molecule has 0 spiro atoms. The minimum atomic E-state index is -4.00. The van der Waals surface area contributed by atoms with E-state index >= 15 is 0 Å². The Balaban J connectivity index is 0.000000257. The number of likely N-dealkylation sites (tertiary alicyclic amines) is 2. The maximum absolute atomic E-state index is 12.3. The largest absolute Gasteiger partial charge is 0.391 e. The predicted octanol–water partition coefficient (Wildman–Crippen LogP) is 5.58. The van der Waals surface area contributed by atoms with Crippen LogP contribution in [0.25, 0.3) is 0 Å². The van der Waals surface area contributed by atoms with E-state index in [0.717, 1.165) is 5.92 Å². The Labute approximate surface area is 153 Å². The zero-order valence-corrected chi connectivity index (χ0v) is 17.3. The van der Waals surface area contributed by atoms with Gasteiger partial charge in [-0.05, 0) is 99.3 Å². The average molecular weight is 365 g/mol. The van der Waals surface area contributed by atoms with E-state index in [9.17, 15) is 13.2 Å². The lowest BCUT2D eigenvalue weighted by atomic mass is 9.93. The lowest BCUT2D eigenvalue weighted by Gasteiger charge is -2.41. The predicted molar refractivity (Wildman–Crippen MR) is 99.8 cm³/mol. The maximum Gasteiger partial charge on any atom is 0.391 e. The molecule has 0 radical (unpaired) electrons. The van der Waals surface area contributed by atoms with Crippen molar-refractivity contribution in [2.45, 2.75) is 91.4 Å². The molecule has 2 fully saturated rings. The molecule has 2 rings (SSSR count). The van der Waals surface area contributed by atoms with Crippen molar-refractivity contribution in [2.75, 3.05) is 26.2 Å². The molecule has 2 heterocycles. The van der Waals surface area contributed by atoms with E-state index in [1.807, 2.05) is 20.8 Å². The van der Waals surface area contributed by atoms with E-state index in [1.54, 1.807) is 0 Å². The summed E-state index contributed by atoms with van der Waals surface area (Å²) in [6.45, 7) is 19.1. The molecule has 0 aromatic heterocycles. The second-order valence-electron chi connectivity index (χ2n) is 9.81. The third kappa shape index (κ3) is 7.86. The van der Waals surface area contributed by atoms with Crippen LogP contribution in [-0.4, -0.2) is 53.2 Å². The van der Waals surface area contributed by atoms with Gasteiger partial charge in [-0.25, -0.2) is 0 Å². The van der Waals surface area contributed by atoms with E-state index in [4.69, 9.17) is 0 Å². The molecule has 0 unspecified atom stereocenters. The third-order valence-corrected chi connectivity index (χ3v) is 5.64. The Hall–Kier alpha value is -0.290. The first kappa shape index (κ1) is 22.8. The maximum atomic E-state index is 12.3. The molecule has 0 aromatic rings. The van der Waals surface area contributed by atoms with Crippen LogP contribution in [0.15, 0.2) is 0 Å². The second kappa shape index (κ2) is 8.60. The number of nitrogens with zero attached hydrogens (tertiary/aromatic N) is 2. The molecule has 2 saturated heterocycles. The molecule has 0 bridgehead atoms. The zero-order valence-electron chi connectivity index (χ0n) is 17.3. The van der Waals surface area contributed by atoms with Crippen molar-refractivity contribution in [3.63, 3.8) is 0 Å². The van der Waals surface area contributed by atoms with Crippen LogP contribution < -0.4 is 0 Å². The molecule has 0 amide bonds. The van der Waals surface area contributed by atoms with Crippen molar-refractivity contribution in [1.29, 1.82) is 0 Å². The van der Waals surface area contributed by atoms with E-state index in [2.05, 4.69) is 37.5 Å². The third-order valence-electron chi connectivity index (χ3n) is 5.64. The van der Waals surface area contributed by atoms with E-state index < -0.39 is 12.1 Å². The SMILES string of the molecule is CC(C)(C)N1CCC(C(F)(F)F)CC1.CC1CCN(C(C)(C)C)CC1. The molecule has 150 valence electrons. The summed E-state index contributed by atoms with van der Waals surface area (Å²) >= 11 is 0. The van der Waals surface area contributed by atoms with Crippen molar-refractivity contribution >= 4 is 0 Å². The number of hydrogen-bond acceptors (Lipinski definition) is 2. The van der Waals surface area contributed by atoms with Gasteiger partial charge in [-0.15, -0.1) is 0 Å². The summed E-state index contributed by atoms with van der Waals surface area (Å²) in [4.78, 5) is 4.71. The van der Waals surface area contributed by atoms with Crippen molar-refractivity contribution in [3.8, 4) is 0 Å². The summed E-state index contributed by atoms with van der Waals surface area (Å²) in [6, 6.07) is 0. The second-order valence-corrected chi connectivity index (χ2v) is 9.81. The summed E-state index contributed by atoms with van der Waals surface area (Å²) < 4.78 is 37.0. The van der Waals surface area contributed by atoms with Gasteiger partial charge in [0.05, 0.1) is 5.92 Å². The summed E-state index contributed by atoms with van der Waals surface area (Å²) in [5, 5.41) is 0. The number of alkyl halides is 3. The van der Waals surface area contributed by atoms with E-state index in [0.29, 0.717) is 18.6 Å². The molecule has 2 aliphatic rings. The van der Waals surface area contributed by atoms with Crippen LogP contribution in [0, 0.1) is 11.8 Å². The average Bonchev–Trinajstić information content (AvgIpc) is 2.46. The Morgan fingerprint density at radius 3 is 1.24 bits per heavy atom. The summed E-state index contributed by atoms with van der Waals surface area (Å²) in [7, 11) is 0. The van der Waals surface area contributed by atoms with Gasteiger partial charge in [0.15, 0.2) is 0 Å². The van der Waals surface area contributed by atoms with Gasteiger partial charge in [0.25, 0.3) is 0 Å². The highest BCUT2D eigenvalue weighted by Gasteiger charge is 2.42. The van der Waals surface area contributed by atoms with Crippen LogP contribution in [0.5, 0.6) is 0 Å². The van der Waals surface area contributed by atoms with Crippen LogP contribution >= 0.6 is 0 Å². The highest BCUT2D eigenvalue weighted by Crippen LogP contribution is 2.35. The molecular formula is C20H39F3N2. The molecule has 0 atom stereocenters. The van der Waals surface area contributed by atoms with Gasteiger partial charge in [-0.1, -0.05) is 6.92 Å². The fourth-order valence-corrected chi connectivity index (χ4v) is 3.56. The molecule has 2 nitrogen and oxygen atoms in total. The van der Waals surface area contributed by atoms with Gasteiger partial charge >= 0.3 is 6.18 Å². The first-order valence-corrected chi connectivity index (χ1v) is 9.78. The highest BCUT2D eigenvalue weighted by molar-refractivity contribution is 4.84. The van der Waals surface area contributed by atoms with Gasteiger partial charge < -0.3 is 0 Å². The van der Waals surface area contributed by atoms with Crippen LogP contribution in [0.4, 0.5) is 13.2 Å². The normalized spacial score (nSPS) is 23.3. The topological polar surface area (TPSA) is 6.48 Å². The van der Waals surface area contributed by atoms with Crippen molar-refractivity contribution in [2.24, 2.45) is 11.8 Å². The van der Waals surface area contributed by atoms with Gasteiger partial charge in [-0.3, -0.25) is 9.80 Å². The Morgan fingerprint density at radius 1 is 0.640 bits per heavy atom. The van der Waals surface area contributed by atoms with Gasteiger partial charge in [0.1, 0.15) is 0 Å². The lowest BCUT2D eigenvalue weighted by Crippen LogP contribution is -2.48. The lowest BCUT2D eigenvalue weighted by molar-refractivity contribution is -0.187. The first-order valence-electron chi connectivity index (χ1n) is 9.78. The zero-order chi connectivity index (χ0) is 19.5. The van der Waals surface area contributed by atoms with Gasteiger partial charge in [-0.2, -0.15) is 13.2 Å². The standard InChI is InChI=1S/C10H18F3N.C10H21N/c1-9(2,3)14-6-4-8(5-7-14)10(11,12)13;1-9-5-7-11(8-6-9)10(2,3)4/h8H,4-7H2,1-3H3;9H,5-8H2,1-4H3. The molecule has 0 aromatic carbocycles. The summed E-state index contributed by atoms with van der Waals surface area (Å²) in [5.41, 5.74) is 0.386. The number of hydrogen-bond donors (Lipinski definition) is 0. The number of piperidine rings is 2. The van der Waals surface area contributed by atoms with Crippen LogP contribution in [0.2, 0.25) is 0 Å².